The van der Waals surface area contributed by atoms with Crippen molar-refractivity contribution in [1.29, 1.82) is 0 Å². The first-order valence-corrected chi connectivity index (χ1v) is 7.36. The Balaban J connectivity index is 2.13. The van der Waals surface area contributed by atoms with Crippen LogP contribution in [0.2, 0.25) is 0 Å². The average molecular weight is 248 g/mol. The van der Waals surface area contributed by atoms with Gasteiger partial charge in [0, 0.05) is 0 Å². The fraction of sp³-hybridized carbons (Fsp3) is 0.316. The number of benzene rings is 2. The van der Waals surface area contributed by atoms with Gasteiger partial charge in [-0.15, -0.1) is 0 Å². The molecule has 19 heavy (non-hydrogen) atoms. The normalized spacial score (nSPS) is 12.3. The van der Waals surface area contributed by atoms with Crippen molar-refractivity contribution in [1.82, 2.24) is 0 Å². The van der Waals surface area contributed by atoms with Crippen LogP contribution in [0.5, 0.6) is 0 Å². The van der Waals surface area contributed by atoms with Crippen molar-refractivity contribution in [2.24, 2.45) is 0 Å². The lowest BCUT2D eigenvalue weighted by Crippen LogP contribution is -1.99. The van der Waals surface area contributed by atoms with E-state index in [1.54, 1.807) is 0 Å². The largest absolute Gasteiger partial charge is 0.0651 e. The highest BCUT2D eigenvalue weighted by atomic mass is 14.3. The van der Waals surface area contributed by atoms with Crippen molar-refractivity contribution in [3.63, 3.8) is 0 Å². The second kappa shape index (κ2) is 5.21. The predicted molar refractivity (Wildman–Crippen MR) is 81.3 cm³/mol. The third-order valence-corrected chi connectivity index (χ3v) is 3.91. The minimum atomic E-state index is 1.17. The van der Waals surface area contributed by atoms with Gasteiger partial charge >= 0.3 is 0 Å². The summed E-state index contributed by atoms with van der Waals surface area (Å²) in [5.74, 6) is 0. The molecule has 0 aliphatic heterocycles. The molecule has 2 radical (unpaired) electrons. The van der Waals surface area contributed by atoms with E-state index in [1.807, 2.05) is 0 Å². The first-order valence-electron chi connectivity index (χ1n) is 7.36. The van der Waals surface area contributed by atoms with E-state index in [4.69, 9.17) is 0 Å². The van der Waals surface area contributed by atoms with E-state index in [2.05, 4.69) is 56.7 Å². The smallest absolute Gasteiger partial charge is 0.0517 e. The lowest BCUT2D eigenvalue weighted by atomic mass is 9.91. The number of hydrogen-bond donors (Lipinski definition) is 0. The molecule has 96 valence electrons. The SMILES string of the molecule is CCCc1ccc2c(c1CCC)[C]c1ccccc1-2. The van der Waals surface area contributed by atoms with Gasteiger partial charge in [-0.25, -0.2) is 0 Å². The minimum absolute atomic E-state index is 1.17. The van der Waals surface area contributed by atoms with Crippen molar-refractivity contribution in [3.8, 4) is 11.1 Å². The molecule has 0 unspecified atom stereocenters. The first kappa shape index (κ1) is 12.5. The molecule has 0 fully saturated rings. The summed E-state index contributed by atoms with van der Waals surface area (Å²) in [6.07, 6.45) is 8.39. The van der Waals surface area contributed by atoms with Crippen LogP contribution in [0.25, 0.3) is 11.1 Å². The third kappa shape index (κ3) is 2.10. The summed E-state index contributed by atoms with van der Waals surface area (Å²) in [6, 6.07) is 13.2. The molecule has 1 aliphatic rings. The second-order valence-corrected chi connectivity index (χ2v) is 5.30. The Kier molecular flexibility index (Phi) is 3.42. The number of aryl methyl sites for hydroxylation is 1. The van der Waals surface area contributed by atoms with Crippen LogP contribution < -0.4 is 0 Å². The fourth-order valence-electron chi connectivity index (χ4n) is 3.06. The molecule has 0 saturated carbocycles. The minimum Gasteiger partial charge on any atom is -0.0651 e. The fourth-order valence-corrected chi connectivity index (χ4v) is 3.06. The van der Waals surface area contributed by atoms with Gasteiger partial charge < -0.3 is 0 Å². The van der Waals surface area contributed by atoms with Crippen LogP contribution in [0, 0.1) is 6.42 Å². The van der Waals surface area contributed by atoms with E-state index >= 15 is 0 Å². The molecule has 3 rings (SSSR count). The summed E-state index contributed by atoms with van der Waals surface area (Å²) in [5.41, 5.74) is 8.37. The van der Waals surface area contributed by atoms with E-state index in [0.717, 1.165) is 0 Å². The molecule has 0 spiro atoms. The summed E-state index contributed by atoms with van der Waals surface area (Å²) in [7, 11) is 0. The van der Waals surface area contributed by atoms with Gasteiger partial charge in [0.2, 0.25) is 0 Å². The highest BCUT2D eigenvalue weighted by Crippen LogP contribution is 2.41. The molecule has 0 bridgehead atoms. The first-order chi connectivity index (χ1) is 9.35. The predicted octanol–water partition coefficient (Wildman–Crippen LogP) is 5.05. The van der Waals surface area contributed by atoms with Crippen molar-refractivity contribution in [2.45, 2.75) is 39.5 Å². The lowest BCUT2D eigenvalue weighted by molar-refractivity contribution is 0.857. The topological polar surface area (TPSA) is 0 Å². The van der Waals surface area contributed by atoms with Crippen LogP contribution in [-0.2, 0) is 12.8 Å². The van der Waals surface area contributed by atoms with Gasteiger partial charge in [0.25, 0.3) is 0 Å². The molecule has 0 N–H and O–H groups in total. The Morgan fingerprint density at radius 1 is 0.842 bits per heavy atom. The lowest BCUT2D eigenvalue weighted by Gasteiger charge is -2.13. The molecule has 0 heterocycles. The molecule has 0 heteroatoms. The van der Waals surface area contributed by atoms with E-state index in [-0.39, 0.29) is 0 Å². The summed E-state index contributed by atoms with van der Waals surface area (Å²) < 4.78 is 0. The van der Waals surface area contributed by atoms with Crippen LogP contribution in [0.15, 0.2) is 36.4 Å². The zero-order valence-electron chi connectivity index (χ0n) is 11.8. The van der Waals surface area contributed by atoms with E-state index in [1.165, 1.54) is 59.1 Å². The molecule has 2 aromatic carbocycles. The Hall–Kier alpha value is -1.56. The third-order valence-electron chi connectivity index (χ3n) is 3.91. The van der Waals surface area contributed by atoms with Crippen molar-refractivity contribution >= 4 is 0 Å². The number of hydrogen-bond acceptors (Lipinski definition) is 0. The Morgan fingerprint density at radius 3 is 2.42 bits per heavy atom. The van der Waals surface area contributed by atoms with E-state index < -0.39 is 0 Å². The van der Waals surface area contributed by atoms with E-state index in [0.29, 0.717) is 0 Å². The van der Waals surface area contributed by atoms with Crippen LogP contribution in [0.3, 0.4) is 0 Å². The van der Waals surface area contributed by atoms with Gasteiger partial charge in [-0.2, -0.15) is 0 Å². The highest BCUT2D eigenvalue weighted by molar-refractivity contribution is 5.82. The molecule has 0 amide bonds. The van der Waals surface area contributed by atoms with Gasteiger partial charge in [0.15, 0.2) is 0 Å². The number of fused-ring (bicyclic) bond motifs is 3. The van der Waals surface area contributed by atoms with Gasteiger partial charge in [0.1, 0.15) is 0 Å². The van der Waals surface area contributed by atoms with Gasteiger partial charge in [-0.3, -0.25) is 0 Å². The van der Waals surface area contributed by atoms with Crippen LogP contribution in [-0.4, -0.2) is 0 Å². The molecule has 0 nitrogen and oxygen atoms in total. The summed E-state index contributed by atoms with van der Waals surface area (Å²) >= 11 is 0. The molecular formula is C19H20. The molecule has 2 aromatic rings. The maximum Gasteiger partial charge on any atom is 0.0517 e. The summed E-state index contributed by atoms with van der Waals surface area (Å²) in [4.78, 5) is 0. The maximum absolute atomic E-state index is 3.63. The van der Waals surface area contributed by atoms with Gasteiger partial charge in [-0.1, -0.05) is 63.1 Å². The molecule has 0 atom stereocenters. The summed E-state index contributed by atoms with van der Waals surface area (Å²) in [5, 5.41) is 0. The highest BCUT2D eigenvalue weighted by Gasteiger charge is 2.22. The van der Waals surface area contributed by atoms with Crippen molar-refractivity contribution < 1.29 is 0 Å². The van der Waals surface area contributed by atoms with Gasteiger partial charge in [-0.05, 0) is 46.2 Å². The van der Waals surface area contributed by atoms with Gasteiger partial charge in [0.05, 0.1) is 6.42 Å². The Bertz CT molecular complexity index is 593. The average Bonchev–Trinajstić information content (AvgIpc) is 2.81. The van der Waals surface area contributed by atoms with Crippen LogP contribution >= 0.6 is 0 Å². The van der Waals surface area contributed by atoms with Crippen molar-refractivity contribution in [3.05, 3.63) is 65.1 Å². The molecule has 1 aliphatic carbocycles. The quantitative estimate of drug-likeness (QED) is 0.606. The Labute approximate surface area is 116 Å². The van der Waals surface area contributed by atoms with E-state index in [9.17, 15) is 0 Å². The number of rotatable bonds is 4. The molecular weight excluding hydrogens is 228 g/mol. The molecule has 0 aromatic heterocycles. The zero-order valence-corrected chi connectivity index (χ0v) is 11.8. The second-order valence-electron chi connectivity index (χ2n) is 5.30. The molecule has 0 saturated heterocycles. The standard InChI is InChI=1S/C19H20/c1-3-7-14-11-12-18-17-10-6-5-9-15(17)13-19(18)16(14)8-4-2/h5-6,9-12H,3-4,7-8H2,1-2H3. The summed E-state index contributed by atoms with van der Waals surface area (Å²) in [6.45, 7) is 4.52. The van der Waals surface area contributed by atoms with Crippen LogP contribution in [0.1, 0.15) is 48.9 Å². The zero-order chi connectivity index (χ0) is 13.2. The monoisotopic (exact) mass is 248 g/mol. The maximum atomic E-state index is 3.63. The Morgan fingerprint density at radius 2 is 1.63 bits per heavy atom. The van der Waals surface area contributed by atoms with Crippen molar-refractivity contribution in [2.75, 3.05) is 0 Å². The van der Waals surface area contributed by atoms with Crippen LogP contribution in [0.4, 0.5) is 0 Å².